The number of carbonyl (C=O) groups excluding carboxylic acids is 1. The summed E-state index contributed by atoms with van der Waals surface area (Å²) >= 11 is 0. The van der Waals surface area contributed by atoms with Crippen LogP contribution in [0, 0.1) is 0 Å². The second-order valence-corrected chi connectivity index (χ2v) is 8.54. The van der Waals surface area contributed by atoms with Crippen LogP contribution in [0.5, 0.6) is 0 Å². The lowest BCUT2D eigenvalue weighted by Crippen LogP contribution is -2.48. The third-order valence-corrected chi connectivity index (χ3v) is 6.39. The van der Waals surface area contributed by atoms with Gasteiger partial charge in [-0.3, -0.25) is 4.79 Å². The van der Waals surface area contributed by atoms with Crippen LogP contribution in [0.4, 0.5) is 0 Å². The maximum Gasteiger partial charge on any atom is 0.254 e. The summed E-state index contributed by atoms with van der Waals surface area (Å²) < 4.78 is 32.5. The van der Waals surface area contributed by atoms with Gasteiger partial charge in [-0.2, -0.15) is 4.31 Å². The first kappa shape index (κ1) is 17.4. The Morgan fingerprint density at radius 1 is 1.12 bits per heavy atom. The van der Waals surface area contributed by atoms with Gasteiger partial charge in [-0.15, -0.1) is 0 Å². The molecule has 2 aliphatic heterocycles. The van der Waals surface area contributed by atoms with E-state index in [9.17, 15) is 13.2 Å². The predicted octanol–water partition coefficient (Wildman–Crippen LogP) is 1.72. The molecular weight excluding hydrogens is 328 g/mol. The van der Waals surface area contributed by atoms with Gasteiger partial charge in [0.05, 0.1) is 17.1 Å². The molecule has 0 aromatic heterocycles. The SMILES string of the molecule is CC1CN(C(=O)c2cccc(S(=O)(=O)N3CCCC3)c2)CC(C)O1. The summed E-state index contributed by atoms with van der Waals surface area (Å²) in [5.41, 5.74) is 0.413. The van der Waals surface area contributed by atoms with Crippen LogP contribution in [0.15, 0.2) is 29.2 Å². The number of hydrogen-bond donors (Lipinski definition) is 0. The highest BCUT2D eigenvalue weighted by Crippen LogP contribution is 2.22. The zero-order valence-electron chi connectivity index (χ0n) is 14.1. The molecular formula is C17H24N2O4S. The van der Waals surface area contributed by atoms with Crippen molar-refractivity contribution in [3.63, 3.8) is 0 Å². The Morgan fingerprint density at radius 3 is 2.38 bits per heavy atom. The van der Waals surface area contributed by atoms with Crippen LogP contribution in [0.1, 0.15) is 37.0 Å². The van der Waals surface area contributed by atoms with E-state index in [4.69, 9.17) is 4.74 Å². The summed E-state index contributed by atoms with van der Waals surface area (Å²) in [6.07, 6.45) is 1.74. The molecule has 2 heterocycles. The van der Waals surface area contributed by atoms with Crippen LogP contribution in [0.2, 0.25) is 0 Å². The van der Waals surface area contributed by atoms with Gasteiger partial charge in [-0.25, -0.2) is 8.42 Å². The van der Waals surface area contributed by atoms with Crippen LogP contribution in [0.25, 0.3) is 0 Å². The van der Waals surface area contributed by atoms with Crippen LogP contribution in [-0.2, 0) is 14.8 Å². The van der Waals surface area contributed by atoms with Gasteiger partial charge in [0.15, 0.2) is 0 Å². The van der Waals surface area contributed by atoms with Crippen molar-refractivity contribution in [1.82, 2.24) is 9.21 Å². The molecule has 1 aromatic rings. The van der Waals surface area contributed by atoms with E-state index < -0.39 is 10.0 Å². The molecule has 0 N–H and O–H groups in total. The van der Waals surface area contributed by atoms with Crippen LogP contribution < -0.4 is 0 Å². The van der Waals surface area contributed by atoms with Crippen LogP contribution in [-0.4, -0.2) is 61.9 Å². The van der Waals surface area contributed by atoms with E-state index >= 15 is 0 Å². The fourth-order valence-corrected chi connectivity index (χ4v) is 4.96. The minimum absolute atomic E-state index is 0.0192. The second kappa shape index (κ2) is 6.82. The smallest absolute Gasteiger partial charge is 0.254 e. The quantitative estimate of drug-likeness (QED) is 0.831. The number of ether oxygens (including phenoxy) is 1. The summed E-state index contributed by atoms with van der Waals surface area (Å²) in [5, 5.41) is 0. The monoisotopic (exact) mass is 352 g/mol. The Kier molecular flexibility index (Phi) is 4.94. The van der Waals surface area contributed by atoms with Crippen molar-refractivity contribution in [3.05, 3.63) is 29.8 Å². The molecule has 0 bridgehead atoms. The molecule has 0 spiro atoms. The highest BCUT2D eigenvalue weighted by Gasteiger charge is 2.30. The van der Waals surface area contributed by atoms with Crippen molar-refractivity contribution in [2.75, 3.05) is 26.2 Å². The number of sulfonamides is 1. The molecule has 0 radical (unpaired) electrons. The number of rotatable bonds is 3. The van der Waals surface area contributed by atoms with E-state index in [1.54, 1.807) is 23.1 Å². The zero-order chi connectivity index (χ0) is 17.3. The number of nitrogens with zero attached hydrogens (tertiary/aromatic N) is 2. The average molecular weight is 352 g/mol. The van der Waals surface area contributed by atoms with Crippen molar-refractivity contribution in [3.8, 4) is 0 Å². The molecule has 3 rings (SSSR count). The summed E-state index contributed by atoms with van der Waals surface area (Å²) in [4.78, 5) is 14.7. The maximum atomic E-state index is 12.8. The lowest BCUT2D eigenvalue weighted by molar-refractivity contribution is -0.0586. The summed E-state index contributed by atoms with van der Waals surface area (Å²) in [6, 6.07) is 6.38. The lowest BCUT2D eigenvalue weighted by Gasteiger charge is -2.35. The Labute approximate surface area is 143 Å². The molecule has 2 atom stereocenters. The number of benzene rings is 1. The van der Waals surface area contributed by atoms with Gasteiger partial charge in [0.25, 0.3) is 5.91 Å². The molecule has 2 fully saturated rings. The van der Waals surface area contributed by atoms with E-state index in [2.05, 4.69) is 0 Å². The Balaban J connectivity index is 1.83. The first-order chi connectivity index (χ1) is 11.4. The number of amides is 1. The Morgan fingerprint density at radius 2 is 1.75 bits per heavy atom. The molecule has 1 amide bonds. The van der Waals surface area contributed by atoms with E-state index in [0.717, 1.165) is 12.8 Å². The second-order valence-electron chi connectivity index (χ2n) is 6.61. The standard InChI is InChI=1S/C17H24N2O4S/c1-13-11-18(12-14(2)23-13)17(20)15-6-5-7-16(10-15)24(21,22)19-8-3-4-9-19/h5-7,10,13-14H,3-4,8-9,11-12H2,1-2H3. The van der Waals surface area contributed by atoms with Crippen LogP contribution in [0.3, 0.4) is 0 Å². The van der Waals surface area contributed by atoms with Crippen LogP contribution >= 0.6 is 0 Å². The first-order valence-electron chi connectivity index (χ1n) is 8.43. The van der Waals surface area contributed by atoms with Crippen molar-refractivity contribution < 1.29 is 17.9 Å². The molecule has 2 unspecified atom stereocenters. The van der Waals surface area contributed by atoms with Gasteiger partial charge in [0.1, 0.15) is 0 Å². The van der Waals surface area contributed by atoms with Gasteiger partial charge in [0.2, 0.25) is 10.0 Å². The van der Waals surface area contributed by atoms with Crippen molar-refractivity contribution >= 4 is 15.9 Å². The van der Waals surface area contributed by atoms with E-state index in [0.29, 0.717) is 31.7 Å². The predicted molar refractivity (Wildman–Crippen MR) is 90.3 cm³/mol. The topological polar surface area (TPSA) is 66.9 Å². The number of carbonyl (C=O) groups is 1. The number of hydrogen-bond acceptors (Lipinski definition) is 4. The Hall–Kier alpha value is -1.44. The lowest BCUT2D eigenvalue weighted by atomic mass is 10.1. The largest absolute Gasteiger partial charge is 0.372 e. The average Bonchev–Trinajstić information content (AvgIpc) is 3.08. The molecule has 7 heteroatoms. The summed E-state index contributed by atoms with van der Waals surface area (Å²) in [5.74, 6) is -0.143. The Bertz CT molecular complexity index is 703. The molecule has 24 heavy (non-hydrogen) atoms. The minimum atomic E-state index is -3.51. The minimum Gasteiger partial charge on any atom is -0.372 e. The van der Waals surface area contributed by atoms with E-state index in [1.165, 1.54) is 10.4 Å². The normalized spacial score (nSPS) is 25.8. The van der Waals surface area contributed by atoms with Crippen molar-refractivity contribution in [2.45, 2.75) is 43.8 Å². The molecule has 0 aliphatic carbocycles. The molecule has 6 nitrogen and oxygen atoms in total. The fourth-order valence-electron chi connectivity index (χ4n) is 3.39. The van der Waals surface area contributed by atoms with E-state index in [-0.39, 0.29) is 23.0 Å². The molecule has 2 aliphatic rings. The third-order valence-electron chi connectivity index (χ3n) is 4.49. The summed E-state index contributed by atoms with van der Waals surface area (Å²) in [6.45, 7) is 6.02. The highest BCUT2D eigenvalue weighted by molar-refractivity contribution is 7.89. The maximum absolute atomic E-state index is 12.8. The molecule has 132 valence electrons. The van der Waals surface area contributed by atoms with Gasteiger partial charge >= 0.3 is 0 Å². The van der Waals surface area contributed by atoms with E-state index in [1.807, 2.05) is 13.8 Å². The molecule has 1 aromatic carbocycles. The van der Waals surface area contributed by atoms with Gasteiger partial charge in [-0.05, 0) is 44.9 Å². The fraction of sp³-hybridized carbons (Fsp3) is 0.588. The zero-order valence-corrected chi connectivity index (χ0v) is 15.0. The van der Waals surface area contributed by atoms with Gasteiger partial charge < -0.3 is 9.64 Å². The molecule has 2 saturated heterocycles. The highest BCUT2D eigenvalue weighted by atomic mass is 32.2. The van der Waals surface area contributed by atoms with Crippen molar-refractivity contribution in [1.29, 1.82) is 0 Å². The first-order valence-corrected chi connectivity index (χ1v) is 9.87. The van der Waals surface area contributed by atoms with Gasteiger partial charge in [-0.1, -0.05) is 6.07 Å². The molecule has 0 saturated carbocycles. The van der Waals surface area contributed by atoms with Crippen molar-refractivity contribution in [2.24, 2.45) is 0 Å². The third kappa shape index (κ3) is 3.48. The number of morpholine rings is 1. The summed E-state index contributed by atoms with van der Waals surface area (Å²) in [7, 11) is -3.51. The van der Waals surface area contributed by atoms with Gasteiger partial charge in [0, 0.05) is 31.7 Å².